The Kier molecular flexibility index (Phi) is 24.9. The van der Waals surface area contributed by atoms with E-state index in [2.05, 4.69) is 62.4 Å². The van der Waals surface area contributed by atoms with E-state index in [0.29, 0.717) is 0 Å². The molecule has 3 heteroatoms. The second kappa shape index (κ2) is 22.7. The van der Waals surface area contributed by atoms with Gasteiger partial charge in [-0.1, -0.05) is 113 Å². The molecule has 27 heavy (non-hydrogen) atoms. The van der Waals surface area contributed by atoms with Gasteiger partial charge in [-0.3, -0.25) is 0 Å². The molecule has 0 spiro atoms. The molecule has 0 unspecified atom stereocenters. The molecule has 0 saturated heterocycles. The van der Waals surface area contributed by atoms with E-state index in [1.165, 1.54) is 62.5 Å². The van der Waals surface area contributed by atoms with Crippen LogP contribution in [0.4, 0.5) is 0 Å². The zero-order valence-electron chi connectivity index (χ0n) is 16.3. The van der Waals surface area contributed by atoms with Crippen molar-refractivity contribution in [3.05, 3.63) is 60.7 Å². The van der Waals surface area contributed by atoms with Crippen LogP contribution >= 0.6 is 0 Å². The maximum Gasteiger partial charge on any atom is -0.0184 e. The summed E-state index contributed by atoms with van der Waals surface area (Å²) < 4.78 is 5.53. The van der Waals surface area contributed by atoms with Gasteiger partial charge in [-0.2, -0.15) is 0 Å². The Balaban J connectivity index is 0. The first-order valence-electron chi connectivity index (χ1n) is 10.1. The molecule has 0 atom stereocenters. The van der Waals surface area contributed by atoms with Crippen molar-refractivity contribution >= 4 is 59.1 Å². The summed E-state index contributed by atoms with van der Waals surface area (Å²) in [4.78, 5) is 0. The molecule has 0 amide bonds. The van der Waals surface area contributed by atoms with Crippen LogP contribution in [0.25, 0.3) is 11.1 Å². The van der Waals surface area contributed by atoms with Gasteiger partial charge in [0.15, 0.2) is 0 Å². The smallest absolute Gasteiger partial charge is 0.0184 e. The summed E-state index contributed by atoms with van der Waals surface area (Å²) in [5, 5.41) is 0. The third kappa shape index (κ3) is 17.0. The first kappa shape index (κ1) is 29.6. The Morgan fingerprint density at radius 1 is 0.519 bits per heavy atom. The number of hydrogen-bond acceptors (Lipinski definition) is 1. The summed E-state index contributed by atoms with van der Waals surface area (Å²) in [7, 11) is 0. The normalized spacial score (nSPS) is 9.41. The maximum atomic E-state index is 5.53. The maximum absolute atomic E-state index is 5.53. The molecular formula is C24H38Na2O. The molecule has 0 bridgehead atoms. The first-order chi connectivity index (χ1) is 12.4. The fourth-order valence-electron chi connectivity index (χ4n) is 2.63. The van der Waals surface area contributed by atoms with Gasteiger partial charge in [0.2, 0.25) is 0 Å². The largest absolute Gasteiger partial charge is 0.0622 e. The number of rotatable bonds is 11. The topological polar surface area (TPSA) is 9.23 Å². The summed E-state index contributed by atoms with van der Waals surface area (Å²) in [5.74, 6) is 0. The second-order valence-corrected chi connectivity index (χ2v) is 6.47. The van der Waals surface area contributed by atoms with Crippen LogP contribution < -0.4 is 0 Å². The number of benzene rings is 2. The van der Waals surface area contributed by atoms with E-state index in [1.807, 2.05) is 12.1 Å². The average molecular weight is 389 g/mol. The summed E-state index contributed by atoms with van der Waals surface area (Å²) in [6, 6.07) is 20.8. The standard InChI is InChI=1S/C12H26O.C12H10.2Na.2H/c1-3-5-7-9-11-13-12-10-8-6-4-2;1-3-7-11(8-4-1)12-9-5-2-6-10-12;;;;/h3-12H2,1-2H3;1-10H;;;;. The van der Waals surface area contributed by atoms with Gasteiger partial charge in [0, 0.05) is 13.2 Å². The van der Waals surface area contributed by atoms with Gasteiger partial charge in [0.1, 0.15) is 0 Å². The quantitative estimate of drug-likeness (QED) is 0.328. The third-order valence-corrected chi connectivity index (χ3v) is 4.17. The van der Waals surface area contributed by atoms with Crippen molar-refractivity contribution in [3.63, 3.8) is 0 Å². The molecule has 0 radical (unpaired) electrons. The van der Waals surface area contributed by atoms with Gasteiger partial charge >= 0.3 is 59.1 Å². The van der Waals surface area contributed by atoms with E-state index in [1.54, 1.807) is 0 Å². The van der Waals surface area contributed by atoms with E-state index in [0.717, 1.165) is 13.2 Å². The van der Waals surface area contributed by atoms with E-state index in [4.69, 9.17) is 4.74 Å². The number of ether oxygens (including phenoxy) is 1. The molecule has 2 aromatic carbocycles. The van der Waals surface area contributed by atoms with Crippen LogP contribution in [0.3, 0.4) is 0 Å². The molecule has 2 rings (SSSR count). The molecule has 0 aromatic heterocycles. The van der Waals surface area contributed by atoms with Gasteiger partial charge in [-0.05, 0) is 24.0 Å². The van der Waals surface area contributed by atoms with Gasteiger partial charge < -0.3 is 4.74 Å². The molecular weight excluding hydrogens is 350 g/mol. The average Bonchev–Trinajstić information content (AvgIpc) is 2.69. The van der Waals surface area contributed by atoms with Crippen molar-refractivity contribution < 1.29 is 4.74 Å². The van der Waals surface area contributed by atoms with Gasteiger partial charge in [-0.25, -0.2) is 0 Å². The molecule has 0 N–H and O–H groups in total. The fourth-order valence-corrected chi connectivity index (χ4v) is 2.63. The SMILES string of the molecule is CCCCCCOCCCCCC.[NaH].[NaH].c1ccc(-c2ccccc2)cc1. The van der Waals surface area contributed by atoms with Crippen LogP contribution in [0, 0.1) is 0 Å². The van der Waals surface area contributed by atoms with Crippen LogP contribution in [-0.4, -0.2) is 72.3 Å². The number of unbranched alkanes of at least 4 members (excludes halogenated alkanes) is 6. The Morgan fingerprint density at radius 3 is 1.22 bits per heavy atom. The minimum absolute atomic E-state index is 0. The Hall–Kier alpha value is 0.400. The van der Waals surface area contributed by atoms with Crippen LogP contribution in [-0.2, 0) is 4.74 Å². The minimum atomic E-state index is 0. The minimum Gasteiger partial charge on any atom is -0.0622 e. The van der Waals surface area contributed by atoms with Crippen molar-refractivity contribution in [2.45, 2.75) is 65.2 Å². The molecule has 0 aliphatic carbocycles. The van der Waals surface area contributed by atoms with Crippen molar-refractivity contribution in [1.29, 1.82) is 0 Å². The predicted octanol–water partition coefficient (Wildman–Crippen LogP) is 6.22. The monoisotopic (exact) mass is 388 g/mol. The number of hydrogen-bond donors (Lipinski definition) is 0. The van der Waals surface area contributed by atoms with Crippen LogP contribution in [0.15, 0.2) is 60.7 Å². The van der Waals surface area contributed by atoms with Crippen LogP contribution in [0.2, 0.25) is 0 Å². The summed E-state index contributed by atoms with van der Waals surface area (Å²) in [6.07, 6.45) is 10.5. The Bertz CT molecular complexity index is 455. The molecule has 2 aromatic rings. The molecule has 0 saturated carbocycles. The second-order valence-electron chi connectivity index (χ2n) is 6.47. The molecule has 142 valence electrons. The Morgan fingerprint density at radius 2 is 0.889 bits per heavy atom. The Labute approximate surface area is 212 Å². The van der Waals surface area contributed by atoms with Crippen molar-refractivity contribution in [2.24, 2.45) is 0 Å². The van der Waals surface area contributed by atoms with Crippen LogP contribution in [0.1, 0.15) is 65.2 Å². The summed E-state index contributed by atoms with van der Waals surface area (Å²) >= 11 is 0. The fraction of sp³-hybridized carbons (Fsp3) is 0.500. The van der Waals surface area contributed by atoms with E-state index < -0.39 is 0 Å². The van der Waals surface area contributed by atoms with E-state index >= 15 is 0 Å². The third-order valence-electron chi connectivity index (χ3n) is 4.17. The summed E-state index contributed by atoms with van der Waals surface area (Å²) in [5.41, 5.74) is 2.55. The van der Waals surface area contributed by atoms with Crippen molar-refractivity contribution in [1.82, 2.24) is 0 Å². The van der Waals surface area contributed by atoms with Crippen LogP contribution in [0.5, 0.6) is 0 Å². The van der Waals surface area contributed by atoms with Gasteiger partial charge in [0.25, 0.3) is 0 Å². The van der Waals surface area contributed by atoms with E-state index in [-0.39, 0.29) is 59.1 Å². The molecule has 1 nitrogen and oxygen atoms in total. The molecule has 0 heterocycles. The van der Waals surface area contributed by atoms with Gasteiger partial charge in [-0.15, -0.1) is 0 Å². The summed E-state index contributed by atoms with van der Waals surface area (Å²) in [6.45, 7) is 6.44. The zero-order valence-corrected chi connectivity index (χ0v) is 16.3. The molecule has 0 aliphatic rings. The predicted molar refractivity (Wildman–Crippen MR) is 125 cm³/mol. The molecule has 0 aliphatic heterocycles. The zero-order chi connectivity index (χ0) is 18.0. The molecule has 0 fully saturated rings. The van der Waals surface area contributed by atoms with E-state index in [9.17, 15) is 0 Å². The van der Waals surface area contributed by atoms with Gasteiger partial charge in [0.05, 0.1) is 0 Å². The van der Waals surface area contributed by atoms with Crippen molar-refractivity contribution in [3.8, 4) is 11.1 Å². The first-order valence-corrected chi connectivity index (χ1v) is 10.1. The van der Waals surface area contributed by atoms with Crippen molar-refractivity contribution in [2.75, 3.05) is 13.2 Å².